The molecule has 0 aliphatic heterocycles. The fourth-order valence-electron chi connectivity index (χ4n) is 1.12. The zero-order chi connectivity index (χ0) is 11.5. The molecule has 0 saturated carbocycles. The van der Waals surface area contributed by atoms with Gasteiger partial charge < -0.3 is 15.2 Å². The first-order valence-corrected chi connectivity index (χ1v) is 6.77. The molecule has 3 nitrogen and oxygen atoms in total. The summed E-state index contributed by atoms with van der Waals surface area (Å²) in [4.78, 5) is 0. The minimum Gasteiger partial charge on any atom is -0.391 e. The second-order valence-electron chi connectivity index (χ2n) is 4.13. The molecule has 15 heavy (non-hydrogen) atoms. The van der Waals surface area contributed by atoms with Gasteiger partial charge in [-0.2, -0.15) is 11.8 Å². The Morgan fingerprint density at radius 3 is 2.67 bits per heavy atom. The summed E-state index contributed by atoms with van der Waals surface area (Å²) in [6, 6.07) is 0. The van der Waals surface area contributed by atoms with Crippen molar-refractivity contribution in [2.24, 2.45) is 5.92 Å². The minimum atomic E-state index is -0.226. The number of aliphatic hydroxyl groups excluding tert-OH is 1. The largest absolute Gasteiger partial charge is 0.391 e. The lowest BCUT2D eigenvalue weighted by Crippen LogP contribution is -2.31. The fraction of sp³-hybridized carbons (Fsp3) is 1.00. The van der Waals surface area contributed by atoms with Crippen LogP contribution in [0.1, 0.15) is 20.3 Å². The average Bonchev–Trinajstić information content (AvgIpc) is 2.17. The van der Waals surface area contributed by atoms with E-state index in [1.54, 1.807) is 18.9 Å². The predicted octanol–water partition coefficient (Wildman–Crippen LogP) is 1.36. The summed E-state index contributed by atoms with van der Waals surface area (Å²) in [5.74, 6) is 2.52. The van der Waals surface area contributed by atoms with E-state index in [-0.39, 0.29) is 6.10 Å². The van der Waals surface area contributed by atoms with E-state index in [0.717, 1.165) is 31.1 Å². The topological polar surface area (TPSA) is 41.5 Å². The Morgan fingerprint density at radius 2 is 2.07 bits per heavy atom. The Labute approximate surface area is 98.0 Å². The van der Waals surface area contributed by atoms with Gasteiger partial charge in [0, 0.05) is 26.0 Å². The number of thioether (sulfide) groups is 1. The van der Waals surface area contributed by atoms with Gasteiger partial charge in [0.1, 0.15) is 0 Å². The van der Waals surface area contributed by atoms with E-state index < -0.39 is 0 Å². The van der Waals surface area contributed by atoms with Crippen molar-refractivity contribution in [1.29, 1.82) is 0 Å². The molecule has 1 atom stereocenters. The van der Waals surface area contributed by atoms with E-state index in [2.05, 4.69) is 19.2 Å². The van der Waals surface area contributed by atoms with Gasteiger partial charge >= 0.3 is 0 Å². The second kappa shape index (κ2) is 10.7. The smallest absolute Gasteiger partial charge is 0.0754 e. The van der Waals surface area contributed by atoms with Crippen molar-refractivity contribution in [3.05, 3.63) is 0 Å². The molecule has 0 radical (unpaired) electrons. The van der Waals surface area contributed by atoms with Gasteiger partial charge in [-0.3, -0.25) is 0 Å². The van der Waals surface area contributed by atoms with Gasteiger partial charge in [0.05, 0.1) is 6.10 Å². The molecule has 0 aliphatic rings. The average molecular weight is 235 g/mol. The van der Waals surface area contributed by atoms with Gasteiger partial charge in [-0.05, 0) is 24.6 Å². The van der Waals surface area contributed by atoms with Gasteiger partial charge in [-0.1, -0.05) is 13.8 Å². The number of hydrogen-bond donors (Lipinski definition) is 2. The summed E-state index contributed by atoms with van der Waals surface area (Å²) in [5.41, 5.74) is 0. The third-order valence-electron chi connectivity index (χ3n) is 1.88. The van der Waals surface area contributed by atoms with Crippen LogP contribution in [0.4, 0.5) is 0 Å². The maximum atomic E-state index is 9.60. The van der Waals surface area contributed by atoms with Crippen LogP contribution in [0.3, 0.4) is 0 Å². The van der Waals surface area contributed by atoms with E-state index in [9.17, 15) is 5.11 Å². The Balaban J connectivity index is 3.15. The molecule has 0 amide bonds. The van der Waals surface area contributed by atoms with Crippen LogP contribution in [-0.4, -0.2) is 49.5 Å². The number of ether oxygens (including phenoxy) is 1. The van der Waals surface area contributed by atoms with Gasteiger partial charge in [-0.15, -0.1) is 0 Å². The summed E-state index contributed by atoms with van der Waals surface area (Å²) < 4.78 is 4.95. The summed E-state index contributed by atoms with van der Waals surface area (Å²) in [5, 5.41) is 12.9. The number of rotatable bonds is 10. The lowest BCUT2D eigenvalue weighted by molar-refractivity contribution is 0.193. The van der Waals surface area contributed by atoms with Crippen LogP contribution < -0.4 is 5.32 Å². The van der Waals surface area contributed by atoms with Crippen LogP contribution in [0.15, 0.2) is 0 Å². The maximum Gasteiger partial charge on any atom is 0.0754 e. The zero-order valence-electron chi connectivity index (χ0n) is 10.2. The van der Waals surface area contributed by atoms with Crippen LogP contribution in [0.5, 0.6) is 0 Å². The van der Waals surface area contributed by atoms with Gasteiger partial charge in [0.25, 0.3) is 0 Å². The highest BCUT2D eigenvalue weighted by molar-refractivity contribution is 7.99. The summed E-state index contributed by atoms with van der Waals surface area (Å²) in [7, 11) is 1.72. The molecule has 0 aromatic heterocycles. The molecule has 0 saturated heterocycles. The summed E-state index contributed by atoms with van der Waals surface area (Å²) in [6.07, 6.45) is 0.837. The predicted molar refractivity (Wildman–Crippen MR) is 67.5 cm³/mol. The standard InChI is InChI=1S/C11H25NO2S/c1-10(2)7-12-8-11(13)9-15-6-4-5-14-3/h10-13H,4-9H2,1-3H3. The van der Waals surface area contributed by atoms with E-state index in [4.69, 9.17) is 4.74 Å². The SMILES string of the molecule is COCCCSCC(O)CNCC(C)C. The number of nitrogens with one attached hydrogen (secondary N) is 1. The second-order valence-corrected chi connectivity index (χ2v) is 5.28. The van der Waals surface area contributed by atoms with Crippen LogP contribution in [0, 0.1) is 5.92 Å². The first-order chi connectivity index (χ1) is 7.16. The van der Waals surface area contributed by atoms with Crippen LogP contribution in [-0.2, 0) is 4.74 Å². The van der Waals surface area contributed by atoms with Crippen LogP contribution in [0.2, 0.25) is 0 Å². The summed E-state index contributed by atoms with van der Waals surface area (Å²) in [6.45, 7) is 6.83. The monoisotopic (exact) mass is 235 g/mol. The number of aliphatic hydroxyl groups is 1. The first kappa shape index (κ1) is 15.2. The molecule has 4 heteroatoms. The lowest BCUT2D eigenvalue weighted by atomic mass is 10.2. The lowest BCUT2D eigenvalue weighted by Gasteiger charge is -2.12. The molecule has 0 aromatic rings. The van der Waals surface area contributed by atoms with E-state index >= 15 is 0 Å². The van der Waals surface area contributed by atoms with Gasteiger partial charge in [0.2, 0.25) is 0 Å². The van der Waals surface area contributed by atoms with Crippen molar-refractivity contribution >= 4 is 11.8 Å². The van der Waals surface area contributed by atoms with Crippen molar-refractivity contribution in [1.82, 2.24) is 5.32 Å². The van der Waals surface area contributed by atoms with Crippen molar-refractivity contribution in [2.45, 2.75) is 26.4 Å². The van der Waals surface area contributed by atoms with Gasteiger partial charge in [-0.25, -0.2) is 0 Å². The Kier molecular flexibility index (Phi) is 10.9. The van der Waals surface area contributed by atoms with Crippen molar-refractivity contribution in [3.8, 4) is 0 Å². The summed E-state index contributed by atoms with van der Waals surface area (Å²) >= 11 is 1.79. The molecule has 0 fully saturated rings. The Morgan fingerprint density at radius 1 is 1.33 bits per heavy atom. The number of methoxy groups -OCH3 is 1. The quantitative estimate of drug-likeness (QED) is 0.561. The molecular weight excluding hydrogens is 210 g/mol. The highest BCUT2D eigenvalue weighted by Crippen LogP contribution is 2.04. The zero-order valence-corrected chi connectivity index (χ0v) is 11.0. The van der Waals surface area contributed by atoms with Crippen molar-refractivity contribution < 1.29 is 9.84 Å². The first-order valence-electron chi connectivity index (χ1n) is 5.62. The Bertz CT molecular complexity index is 134. The molecule has 2 N–H and O–H groups in total. The van der Waals surface area contributed by atoms with Crippen LogP contribution >= 0.6 is 11.8 Å². The van der Waals surface area contributed by atoms with Crippen LogP contribution in [0.25, 0.3) is 0 Å². The molecule has 0 heterocycles. The van der Waals surface area contributed by atoms with E-state index in [1.807, 2.05) is 0 Å². The molecule has 1 unspecified atom stereocenters. The molecule has 0 bridgehead atoms. The molecule has 0 aromatic carbocycles. The molecule has 92 valence electrons. The normalized spacial score (nSPS) is 13.4. The Hall–Kier alpha value is 0.230. The third-order valence-corrected chi connectivity index (χ3v) is 3.08. The van der Waals surface area contributed by atoms with E-state index in [0.29, 0.717) is 12.5 Å². The van der Waals surface area contributed by atoms with Gasteiger partial charge in [0.15, 0.2) is 0 Å². The minimum absolute atomic E-state index is 0.226. The highest BCUT2D eigenvalue weighted by atomic mass is 32.2. The van der Waals surface area contributed by atoms with Crippen molar-refractivity contribution in [3.63, 3.8) is 0 Å². The third kappa shape index (κ3) is 12.2. The maximum absolute atomic E-state index is 9.60. The molecular formula is C11H25NO2S. The fourth-order valence-corrected chi connectivity index (χ4v) is 2.00. The molecule has 0 rings (SSSR count). The molecule has 0 aliphatic carbocycles. The molecule has 0 spiro atoms. The number of hydrogen-bond acceptors (Lipinski definition) is 4. The van der Waals surface area contributed by atoms with E-state index in [1.165, 1.54) is 0 Å². The van der Waals surface area contributed by atoms with Crippen molar-refractivity contribution in [2.75, 3.05) is 38.3 Å². The highest BCUT2D eigenvalue weighted by Gasteiger charge is 2.03.